The summed E-state index contributed by atoms with van der Waals surface area (Å²) in [5, 5.41) is 9.86. The summed E-state index contributed by atoms with van der Waals surface area (Å²) in [6.07, 6.45) is 0.131. The number of aromatic nitrogens is 1. The minimum Gasteiger partial charge on any atom is -0.388 e. The van der Waals surface area contributed by atoms with Gasteiger partial charge in [0.2, 0.25) is 0 Å². The van der Waals surface area contributed by atoms with Gasteiger partial charge in [-0.2, -0.15) is 0 Å². The third kappa shape index (κ3) is 2.67. The summed E-state index contributed by atoms with van der Waals surface area (Å²) in [6.45, 7) is 9.57. The van der Waals surface area contributed by atoms with Crippen molar-refractivity contribution in [1.82, 2.24) is 4.98 Å². The molecule has 0 aliphatic heterocycles. The van der Waals surface area contributed by atoms with Crippen molar-refractivity contribution >= 4 is 0 Å². The van der Waals surface area contributed by atoms with Crippen LogP contribution in [0, 0.1) is 13.8 Å². The monoisotopic (exact) mass is 191 g/mol. The molecule has 0 aliphatic carbocycles. The average Bonchev–Trinajstić information content (AvgIpc) is 2.01. The highest BCUT2D eigenvalue weighted by atomic mass is 16.3. The second kappa shape index (κ2) is 4.38. The highest BCUT2D eigenvalue weighted by Gasteiger charge is 2.10. The zero-order valence-electron chi connectivity index (χ0n) is 9.04. The van der Waals surface area contributed by atoms with Gasteiger partial charge in [-0.15, -0.1) is 6.58 Å². The molecule has 0 aliphatic rings. The van der Waals surface area contributed by atoms with Crippen molar-refractivity contribution in [3.63, 3.8) is 0 Å². The Hall–Kier alpha value is -1.15. The Morgan fingerprint density at radius 1 is 1.50 bits per heavy atom. The predicted molar refractivity (Wildman–Crippen MR) is 58.1 cm³/mol. The summed E-state index contributed by atoms with van der Waals surface area (Å²) < 4.78 is 0. The smallest absolute Gasteiger partial charge is 0.0844 e. The van der Waals surface area contributed by atoms with Crippen molar-refractivity contribution in [2.75, 3.05) is 0 Å². The summed E-state index contributed by atoms with van der Waals surface area (Å²) in [7, 11) is 0. The Bertz CT molecular complexity index is 344. The molecule has 1 aromatic rings. The molecular formula is C12H17NO. The van der Waals surface area contributed by atoms with Crippen LogP contribution in [-0.2, 0) is 0 Å². The van der Waals surface area contributed by atoms with Gasteiger partial charge in [0.05, 0.1) is 6.10 Å². The number of aliphatic hydroxyl groups is 1. The van der Waals surface area contributed by atoms with E-state index in [1.165, 1.54) is 0 Å². The molecule has 1 unspecified atom stereocenters. The second-order valence-electron chi connectivity index (χ2n) is 3.80. The van der Waals surface area contributed by atoms with Crippen LogP contribution in [0.5, 0.6) is 0 Å². The van der Waals surface area contributed by atoms with E-state index in [1.54, 1.807) is 0 Å². The number of nitrogens with zero attached hydrogens (tertiary/aromatic N) is 1. The number of aliphatic hydroxyl groups excluding tert-OH is 1. The van der Waals surface area contributed by atoms with E-state index >= 15 is 0 Å². The molecule has 1 N–H and O–H groups in total. The molecule has 14 heavy (non-hydrogen) atoms. The van der Waals surface area contributed by atoms with Gasteiger partial charge in [-0.1, -0.05) is 11.6 Å². The summed E-state index contributed by atoms with van der Waals surface area (Å²) in [4.78, 5) is 4.31. The van der Waals surface area contributed by atoms with Gasteiger partial charge in [-0.25, -0.2) is 0 Å². The lowest BCUT2D eigenvalue weighted by molar-refractivity contribution is 0.177. The number of pyridine rings is 1. The fourth-order valence-corrected chi connectivity index (χ4v) is 1.49. The zero-order valence-corrected chi connectivity index (χ0v) is 9.04. The van der Waals surface area contributed by atoms with Crippen molar-refractivity contribution < 1.29 is 5.11 Å². The normalized spacial score (nSPS) is 12.6. The van der Waals surface area contributed by atoms with E-state index in [-0.39, 0.29) is 0 Å². The predicted octanol–water partition coefficient (Wildman–Crippen LogP) is 2.70. The van der Waals surface area contributed by atoms with Crippen molar-refractivity contribution in [3.8, 4) is 0 Å². The van der Waals surface area contributed by atoms with E-state index in [0.29, 0.717) is 6.42 Å². The molecule has 0 aromatic carbocycles. The lowest BCUT2D eigenvalue weighted by Gasteiger charge is -2.13. The zero-order chi connectivity index (χ0) is 10.7. The fraction of sp³-hybridized carbons (Fsp3) is 0.417. The van der Waals surface area contributed by atoms with Crippen LogP contribution in [0.2, 0.25) is 0 Å². The summed E-state index contributed by atoms with van der Waals surface area (Å²) in [6, 6.07) is 3.86. The van der Waals surface area contributed by atoms with Gasteiger partial charge in [0, 0.05) is 17.0 Å². The van der Waals surface area contributed by atoms with Gasteiger partial charge in [-0.3, -0.25) is 4.98 Å². The topological polar surface area (TPSA) is 33.1 Å². The lowest BCUT2D eigenvalue weighted by atomic mass is 10.0. The number of hydrogen-bond acceptors (Lipinski definition) is 2. The first kappa shape index (κ1) is 10.9. The van der Waals surface area contributed by atoms with Crippen LogP contribution in [0.4, 0.5) is 0 Å². The first-order chi connectivity index (χ1) is 6.50. The number of aryl methyl sites for hydroxylation is 2. The van der Waals surface area contributed by atoms with E-state index in [0.717, 1.165) is 22.5 Å². The van der Waals surface area contributed by atoms with Crippen LogP contribution >= 0.6 is 0 Å². The van der Waals surface area contributed by atoms with Crippen molar-refractivity contribution in [2.45, 2.75) is 33.3 Å². The van der Waals surface area contributed by atoms with E-state index in [2.05, 4.69) is 11.6 Å². The van der Waals surface area contributed by atoms with Crippen LogP contribution < -0.4 is 0 Å². The van der Waals surface area contributed by atoms with Crippen molar-refractivity contribution in [3.05, 3.63) is 41.2 Å². The van der Waals surface area contributed by atoms with E-state index in [1.807, 2.05) is 32.9 Å². The Kier molecular flexibility index (Phi) is 3.42. The molecule has 1 aromatic heterocycles. The number of hydrogen-bond donors (Lipinski definition) is 1. The average molecular weight is 191 g/mol. The molecule has 0 amide bonds. The minimum atomic E-state index is -0.472. The Morgan fingerprint density at radius 3 is 2.64 bits per heavy atom. The molecule has 0 fully saturated rings. The van der Waals surface area contributed by atoms with Crippen LogP contribution in [0.25, 0.3) is 0 Å². The second-order valence-corrected chi connectivity index (χ2v) is 3.80. The maximum absolute atomic E-state index is 9.86. The van der Waals surface area contributed by atoms with E-state index in [9.17, 15) is 5.11 Å². The van der Waals surface area contributed by atoms with Crippen LogP contribution in [0.1, 0.15) is 36.4 Å². The Labute approximate surface area is 85.3 Å². The third-order valence-electron chi connectivity index (χ3n) is 2.17. The molecule has 1 heterocycles. The largest absolute Gasteiger partial charge is 0.388 e. The molecule has 76 valence electrons. The van der Waals surface area contributed by atoms with Gasteiger partial charge in [0.15, 0.2) is 0 Å². The van der Waals surface area contributed by atoms with Gasteiger partial charge in [-0.05, 0) is 33.3 Å². The Morgan fingerprint density at radius 2 is 2.14 bits per heavy atom. The maximum atomic E-state index is 9.86. The van der Waals surface area contributed by atoms with Crippen LogP contribution in [0.15, 0.2) is 24.3 Å². The first-order valence-corrected chi connectivity index (χ1v) is 4.77. The first-order valence-electron chi connectivity index (χ1n) is 4.77. The molecule has 2 nitrogen and oxygen atoms in total. The standard InChI is InChI=1S/C12H17NO/c1-8(2)7-12(14)11-6-5-9(3)13-10(11)4/h5-6,12,14H,1,7H2,2-4H3. The van der Waals surface area contributed by atoms with Gasteiger partial charge in [0.1, 0.15) is 0 Å². The molecule has 1 atom stereocenters. The molecule has 0 saturated heterocycles. The lowest BCUT2D eigenvalue weighted by Crippen LogP contribution is -2.02. The molecule has 0 saturated carbocycles. The summed E-state index contributed by atoms with van der Waals surface area (Å²) in [5.74, 6) is 0. The van der Waals surface area contributed by atoms with E-state index < -0.39 is 6.10 Å². The quantitative estimate of drug-likeness (QED) is 0.745. The molecule has 0 spiro atoms. The van der Waals surface area contributed by atoms with Crippen LogP contribution in [-0.4, -0.2) is 10.1 Å². The highest BCUT2D eigenvalue weighted by Crippen LogP contribution is 2.22. The van der Waals surface area contributed by atoms with Crippen LogP contribution in [0.3, 0.4) is 0 Å². The van der Waals surface area contributed by atoms with Gasteiger partial charge in [0.25, 0.3) is 0 Å². The fourth-order valence-electron chi connectivity index (χ4n) is 1.49. The third-order valence-corrected chi connectivity index (χ3v) is 2.17. The minimum absolute atomic E-state index is 0.472. The van der Waals surface area contributed by atoms with Crippen molar-refractivity contribution in [2.24, 2.45) is 0 Å². The summed E-state index contributed by atoms with van der Waals surface area (Å²) in [5.41, 5.74) is 3.77. The molecule has 2 heteroatoms. The van der Waals surface area contributed by atoms with Gasteiger partial charge >= 0.3 is 0 Å². The molecule has 1 rings (SSSR count). The van der Waals surface area contributed by atoms with Gasteiger partial charge < -0.3 is 5.11 Å². The highest BCUT2D eigenvalue weighted by molar-refractivity contribution is 5.24. The SMILES string of the molecule is C=C(C)CC(O)c1ccc(C)nc1C. The molecule has 0 bridgehead atoms. The number of rotatable bonds is 3. The summed E-state index contributed by atoms with van der Waals surface area (Å²) >= 11 is 0. The Balaban J connectivity index is 2.90. The molecule has 0 radical (unpaired) electrons. The maximum Gasteiger partial charge on any atom is 0.0844 e. The van der Waals surface area contributed by atoms with Crippen molar-refractivity contribution in [1.29, 1.82) is 0 Å². The van der Waals surface area contributed by atoms with E-state index in [4.69, 9.17) is 0 Å². The molecular weight excluding hydrogens is 174 g/mol.